The summed E-state index contributed by atoms with van der Waals surface area (Å²) in [5.41, 5.74) is 1.58. The molecular weight excluding hydrogens is 316 g/mol. The van der Waals surface area contributed by atoms with Crippen LogP contribution in [-0.4, -0.2) is 19.7 Å². The molecule has 1 unspecified atom stereocenters. The summed E-state index contributed by atoms with van der Waals surface area (Å²) in [6, 6.07) is 9.80. The van der Waals surface area contributed by atoms with Crippen molar-refractivity contribution in [3.8, 4) is 11.5 Å². The summed E-state index contributed by atoms with van der Waals surface area (Å²) in [6.45, 7) is 3.45. The van der Waals surface area contributed by atoms with E-state index in [0.29, 0.717) is 22.6 Å². The Morgan fingerprint density at radius 2 is 2.00 bits per heavy atom. The molecule has 0 aliphatic heterocycles. The number of aromatic hydroxyl groups is 1. The molecule has 0 saturated carbocycles. The van der Waals surface area contributed by atoms with Gasteiger partial charge in [0.2, 0.25) is 0 Å². The molecule has 1 atom stereocenters. The van der Waals surface area contributed by atoms with Crippen LogP contribution in [0.1, 0.15) is 35.3 Å². The van der Waals surface area contributed by atoms with Crippen LogP contribution < -0.4 is 4.74 Å². The Morgan fingerprint density at radius 3 is 2.61 bits per heavy atom. The van der Waals surface area contributed by atoms with Crippen molar-refractivity contribution >= 4 is 16.9 Å². The summed E-state index contributed by atoms with van der Waals surface area (Å²) < 4.78 is 25.9. The molecule has 0 aliphatic rings. The Hall–Kier alpha value is -2.18. The molecule has 0 heterocycles. The van der Waals surface area contributed by atoms with Crippen LogP contribution in [0.5, 0.6) is 11.5 Å². The van der Waals surface area contributed by atoms with Gasteiger partial charge in [0.05, 0.1) is 10.5 Å². The van der Waals surface area contributed by atoms with Crippen LogP contribution in [0.25, 0.3) is 0 Å². The van der Waals surface area contributed by atoms with Crippen LogP contribution in [-0.2, 0) is 24.1 Å². The van der Waals surface area contributed by atoms with Crippen molar-refractivity contribution in [3.63, 3.8) is 0 Å². The predicted molar refractivity (Wildman–Crippen MR) is 87.3 cm³/mol. The molecule has 6 heteroatoms. The number of hydrogen-bond acceptors (Lipinski definition) is 4. The Balaban J connectivity index is 2.24. The summed E-state index contributed by atoms with van der Waals surface area (Å²) in [4.78, 5) is 11.8. The van der Waals surface area contributed by atoms with Crippen LogP contribution >= 0.6 is 0 Å². The zero-order valence-electron chi connectivity index (χ0n) is 12.9. The number of ether oxygens (including phenoxy) is 1. The first-order valence-corrected chi connectivity index (χ1v) is 8.23. The van der Waals surface area contributed by atoms with Gasteiger partial charge in [-0.15, -0.1) is 0 Å². The smallest absolute Gasteiger partial charge is 0.186 e. The van der Waals surface area contributed by atoms with E-state index in [1.54, 1.807) is 30.3 Å². The minimum atomic E-state index is -2.04. The van der Waals surface area contributed by atoms with Gasteiger partial charge in [0, 0.05) is 5.56 Å². The number of hydrogen-bond donors (Lipinski definition) is 2. The maximum atomic E-state index is 11.5. The molecule has 2 aromatic rings. The van der Waals surface area contributed by atoms with Gasteiger partial charge in [0.15, 0.2) is 16.9 Å². The molecular formula is C17H18O5S. The molecule has 2 N–H and O–H groups in total. The first kappa shape index (κ1) is 17.2. The van der Waals surface area contributed by atoms with Crippen molar-refractivity contribution in [1.29, 1.82) is 0 Å². The van der Waals surface area contributed by atoms with E-state index in [1.165, 1.54) is 13.0 Å². The maximum absolute atomic E-state index is 11.5. The highest BCUT2D eigenvalue weighted by atomic mass is 32.2. The van der Waals surface area contributed by atoms with Crippen LogP contribution in [0.2, 0.25) is 0 Å². The van der Waals surface area contributed by atoms with Crippen LogP contribution in [0.15, 0.2) is 41.3 Å². The first-order chi connectivity index (χ1) is 10.9. The Morgan fingerprint density at radius 1 is 1.26 bits per heavy atom. The number of carbonyl (C=O) groups is 1. The zero-order chi connectivity index (χ0) is 17.0. The minimum Gasteiger partial charge on any atom is -0.507 e. The predicted octanol–water partition coefficient (Wildman–Crippen LogP) is 3.32. The topological polar surface area (TPSA) is 83.8 Å². The van der Waals surface area contributed by atoms with Gasteiger partial charge in [-0.2, -0.15) is 0 Å². The third-order valence-corrected chi connectivity index (χ3v) is 4.12. The largest absolute Gasteiger partial charge is 0.507 e. The van der Waals surface area contributed by atoms with Gasteiger partial charge in [0.25, 0.3) is 0 Å². The van der Waals surface area contributed by atoms with Gasteiger partial charge >= 0.3 is 0 Å². The molecule has 0 aromatic heterocycles. The maximum Gasteiger partial charge on any atom is 0.186 e. The number of benzene rings is 2. The number of carbonyl (C=O) groups excluding carboxylic acids is 1. The highest BCUT2D eigenvalue weighted by molar-refractivity contribution is 7.79. The molecule has 5 nitrogen and oxygen atoms in total. The van der Waals surface area contributed by atoms with E-state index in [0.717, 1.165) is 5.56 Å². The van der Waals surface area contributed by atoms with Crippen LogP contribution in [0.3, 0.4) is 0 Å². The lowest BCUT2D eigenvalue weighted by Crippen LogP contribution is -2.02. The molecule has 0 spiro atoms. The Labute approximate surface area is 137 Å². The summed E-state index contributed by atoms with van der Waals surface area (Å²) >= 11 is -2.04. The average Bonchev–Trinajstić information content (AvgIpc) is 2.52. The van der Waals surface area contributed by atoms with E-state index in [1.807, 2.05) is 6.92 Å². The van der Waals surface area contributed by atoms with Crippen molar-refractivity contribution in [2.45, 2.75) is 31.8 Å². The van der Waals surface area contributed by atoms with Crippen molar-refractivity contribution in [1.82, 2.24) is 0 Å². The molecule has 0 aliphatic carbocycles. The van der Waals surface area contributed by atoms with E-state index >= 15 is 0 Å². The zero-order valence-corrected chi connectivity index (χ0v) is 13.7. The SMILES string of the molecule is CCc1c(OCc2cccc(S(=O)O)c2)ccc(C(C)=O)c1O. The van der Waals surface area contributed by atoms with Gasteiger partial charge in [-0.3, -0.25) is 4.79 Å². The second-order valence-corrected chi connectivity index (χ2v) is 6.00. The highest BCUT2D eigenvalue weighted by Crippen LogP contribution is 2.32. The van der Waals surface area contributed by atoms with Crippen molar-refractivity contribution in [3.05, 3.63) is 53.1 Å². The number of phenols is 1. The van der Waals surface area contributed by atoms with Crippen molar-refractivity contribution in [2.24, 2.45) is 0 Å². The molecule has 0 radical (unpaired) electrons. The number of rotatable bonds is 6. The van der Waals surface area contributed by atoms with Crippen molar-refractivity contribution < 1.29 is 23.4 Å². The van der Waals surface area contributed by atoms with Gasteiger partial charge in [-0.05, 0) is 43.2 Å². The molecule has 0 fully saturated rings. The summed E-state index contributed by atoms with van der Waals surface area (Å²) in [5, 5.41) is 10.2. The van der Waals surface area contributed by atoms with Gasteiger partial charge in [0.1, 0.15) is 18.1 Å². The van der Waals surface area contributed by atoms with E-state index < -0.39 is 11.1 Å². The summed E-state index contributed by atoms with van der Waals surface area (Å²) in [7, 11) is 0. The number of phenolic OH excluding ortho intramolecular Hbond substituents is 1. The minimum absolute atomic E-state index is 0.0530. The summed E-state index contributed by atoms with van der Waals surface area (Å²) in [6.07, 6.45) is 0.517. The molecule has 122 valence electrons. The fourth-order valence-electron chi connectivity index (χ4n) is 2.28. The normalized spacial score (nSPS) is 12.0. The fourth-order valence-corrected chi connectivity index (χ4v) is 2.73. The molecule has 23 heavy (non-hydrogen) atoms. The van der Waals surface area contributed by atoms with E-state index in [4.69, 9.17) is 9.29 Å². The fraction of sp³-hybridized carbons (Fsp3) is 0.235. The monoisotopic (exact) mass is 334 g/mol. The lowest BCUT2D eigenvalue weighted by atomic mass is 10.0. The van der Waals surface area contributed by atoms with Gasteiger partial charge < -0.3 is 14.4 Å². The quantitative estimate of drug-likeness (QED) is 0.625. The van der Waals surface area contributed by atoms with Crippen LogP contribution in [0.4, 0.5) is 0 Å². The average molecular weight is 334 g/mol. The third kappa shape index (κ3) is 3.97. The summed E-state index contributed by atoms with van der Waals surface area (Å²) in [5.74, 6) is 0.232. The van der Waals surface area contributed by atoms with E-state index in [-0.39, 0.29) is 23.7 Å². The second-order valence-electron chi connectivity index (χ2n) is 5.03. The van der Waals surface area contributed by atoms with E-state index in [2.05, 4.69) is 0 Å². The Kier molecular flexibility index (Phi) is 5.52. The highest BCUT2D eigenvalue weighted by Gasteiger charge is 2.15. The lowest BCUT2D eigenvalue weighted by molar-refractivity contribution is 0.101. The Bertz CT molecular complexity index is 755. The van der Waals surface area contributed by atoms with Gasteiger partial charge in [-0.25, -0.2) is 4.21 Å². The number of Topliss-reactive ketones (excluding diaryl/α,β-unsaturated/α-hetero) is 1. The molecule has 2 rings (SSSR count). The first-order valence-electron chi connectivity index (χ1n) is 7.12. The number of ketones is 1. The molecule has 0 amide bonds. The molecule has 2 aromatic carbocycles. The standard InChI is InChI=1S/C17H18O5S/c1-3-14-16(8-7-15(11(2)18)17(14)19)22-10-12-5-4-6-13(9-12)23(20)21/h4-9,19H,3,10H2,1-2H3,(H,20,21). The third-order valence-electron chi connectivity index (χ3n) is 3.47. The second kappa shape index (κ2) is 7.39. The van der Waals surface area contributed by atoms with Crippen LogP contribution in [0, 0.1) is 0 Å². The van der Waals surface area contributed by atoms with Gasteiger partial charge in [-0.1, -0.05) is 19.1 Å². The lowest BCUT2D eigenvalue weighted by Gasteiger charge is -2.14. The van der Waals surface area contributed by atoms with Crippen molar-refractivity contribution in [2.75, 3.05) is 0 Å². The molecule has 0 bridgehead atoms. The van der Waals surface area contributed by atoms with E-state index in [9.17, 15) is 14.1 Å². The molecule has 0 saturated heterocycles.